The van der Waals surface area contributed by atoms with Gasteiger partial charge in [-0.05, 0) is 44.0 Å². The Balaban J connectivity index is 1.53. The Bertz CT molecular complexity index is 1220. The number of rotatable bonds is 6. The highest BCUT2D eigenvalue weighted by Gasteiger charge is 2.60. The minimum atomic E-state index is -0.500. The summed E-state index contributed by atoms with van der Waals surface area (Å²) in [6.45, 7) is 2.96. The van der Waals surface area contributed by atoms with Gasteiger partial charge in [0.05, 0.1) is 41.9 Å². The van der Waals surface area contributed by atoms with E-state index in [2.05, 4.69) is 9.55 Å². The fourth-order valence-corrected chi connectivity index (χ4v) is 5.13. The van der Waals surface area contributed by atoms with Crippen molar-refractivity contribution in [1.29, 1.82) is 0 Å². The first-order valence-electron chi connectivity index (χ1n) is 10.3. The van der Waals surface area contributed by atoms with Crippen molar-refractivity contribution in [3.63, 3.8) is 0 Å². The number of amides is 1. The molecule has 0 atom stereocenters. The van der Waals surface area contributed by atoms with Crippen molar-refractivity contribution in [2.75, 3.05) is 11.5 Å². The van der Waals surface area contributed by atoms with Gasteiger partial charge < -0.3 is 14.2 Å². The zero-order valence-corrected chi connectivity index (χ0v) is 18.5. The lowest BCUT2D eigenvalue weighted by atomic mass is 9.99. The average Bonchev–Trinajstić information content (AvgIpc) is 3.41. The fraction of sp³-hybridized carbons (Fsp3) is 0.348. The summed E-state index contributed by atoms with van der Waals surface area (Å²) in [5.41, 5.74) is 3.04. The minimum Gasteiger partial charge on any atom is -0.466 e. The highest BCUT2D eigenvalue weighted by atomic mass is 35.5. The topological polar surface area (TPSA) is 64.4 Å². The van der Waals surface area contributed by atoms with Gasteiger partial charge in [0.15, 0.2) is 0 Å². The van der Waals surface area contributed by atoms with E-state index in [1.807, 2.05) is 24.3 Å². The van der Waals surface area contributed by atoms with E-state index in [1.165, 1.54) is 0 Å². The summed E-state index contributed by atoms with van der Waals surface area (Å²) in [4.78, 5) is 31.4. The maximum Gasteiger partial charge on any atom is 0.307 e. The van der Waals surface area contributed by atoms with Crippen LogP contribution in [-0.2, 0) is 32.8 Å². The van der Waals surface area contributed by atoms with Gasteiger partial charge in [-0.3, -0.25) is 14.6 Å². The van der Waals surface area contributed by atoms with E-state index in [4.69, 9.17) is 27.9 Å². The molecule has 6 nitrogen and oxygen atoms in total. The molecule has 5 rings (SSSR count). The van der Waals surface area contributed by atoms with Crippen LogP contribution in [0.15, 0.2) is 36.7 Å². The number of halogens is 2. The predicted octanol–water partition coefficient (Wildman–Crippen LogP) is 4.87. The summed E-state index contributed by atoms with van der Waals surface area (Å²) >= 11 is 12.6. The Hall–Kier alpha value is -2.57. The first-order chi connectivity index (χ1) is 14.9. The van der Waals surface area contributed by atoms with E-state index < -0.39 is 5.41 Å². The van der Waals surface area contributed by atoms with Crippen LogP contribution in [0.4, 0.5) is 5.69 Å². The zero-order valence-electron chi connectivity index (χ0n) is 17.0. The molecule has 0 saturated heterocycles. The van der Waals surface area contributed by atoms with Crippen molar-refractivity contribution >= 4 is 51.7 Å². The van der Waals surface area contributed by atoms with Gasteiger partial charge in [0.2, 0.25) is 5.91 Å². The maximum atomic E-state index is 13.4. The average molecular weight is 458 g/mol. The Labute approximate surface area is 189 Å². The third kappa shape index (κ3) is 3.29. The first kappa shape index (κ1) is 20.3. The highest BCUT2D eigenvalue weighted by molar-refractivity contribution is 6.33. The molecule has 1 aliphatic carbocycles. The van der Waals surface area contributed by atoms with Crippen molar-refractivity contribution in [2.24, 2.45) is 0 Å². The summed E-state index contributed by atoms with van der Waals surface area (Å²) in [5.74, 6) is -0.183. The second-order valence-electron chi connectivity index (χ2n) is 8.03. The minimum absolute atomic E-state index is 0.0673. The van der Waals surface area contributed by atoms with Gasteiger partial charge in [0.25, 0.3) is 0 Å². The number of aromatic nitrogens is 2. The molecule has 160 valence electrons. The highest BCUT2D eigenvalue weighted by Crippen LogP contribution is 2.59. The van der Waals surface area contributed by atoms with Crippen LogP contribution < -0.4 is 4.90 Å². The number of anilines is 1. The van der Waals surface area contributed by atoms with Crippen molar-refractivity contribution in [3.05, 3.63) is 58.0 Å². The van der Waals surface area contributed by atoms with Gasteiger partial charge in [0, 0.05) is 39.9 Å². The number of benzene rings is 1. The predicted molar refractivity (Wildman–Crippen MR) is 120 cm³/mol. The Kier molecular flexibility index (Phi) is 4.94. The number of esters is 1. The van der Waals surface area contributed by atoms with Gasteiger partial charge in [-0.2, -0.15) is 0 Å². The van der Waals surface area contributed by atoms with Crippen molar-refractivity contribution in [2.45, 2.75) is 44.7 Å². The molecule has 3 heterocycles. The van der Waals surface area contributed by atoms with E-state index >= 15 is 0 Å². The largest absolute Gasteiger partial charge is 0.466 e. The molecule has 2 aromatic heterocycles. The summed E-state index contributed by atoms with van der Waals surface area (Å²) in [7, 11) is 0. The molecule has 1 aliphatic heterocycles. The van der Waals surface area contributed by atoms with E-state index in [-0.39, 0.29) is 18.3 Å². The van der Waals surface area contributed by atoms with Crippen LogP contribution in [-0.4, -0.2) is 28.0 Å². The number of fused-ring (bicyclic) bond motifs is 3. The molecular weight excluding hydrogens is 437 g/mol. The second kappa shape index (κ2) is 7.53. The lowest BCUT2D eigenvalue weighted by Gasteiger charge is -2.19. The number of hydrogen-bond donors (Lipinski definition) is 0. The van der Waals surface area contributed by atoms with Gasteiger partial charge in [-0.15, -0.1) is 0 Å². The third-order valence-electron chi connectivity index (χ3n) is 6.17. The SMILES string of the molecule is CCOC(=O)CCn1c(CN2C(=O)C3(CC3)c3c(Cl)cncc32)cc2cc(Cl)ccc21. The van der Waals surface area contributed by atoms with Crippen molar-refractivity contribution < 1.29 is 14.3 Å². The molecule has 0 N–H and O–H groups in total. The first-order valence-corrected chi connectivity index (χ1v) is 11.1. The van der Waals surface area contributed by atoms with E-state index in [9.17, 15) is 9.59 Å². The molecule has 1 aromatic carbocycles. The summed E-state index contributed by atoms with van der Waals surface area (Å²) in [6, 6.07) is 7.68. The van der Waals surface area contributed by atoms with Crippen LogP contribution in [0, 0.1) is 0 Å². The fourth-order valence-electron chi connectivity index (χ4n) is 4.62. The van der Waals surface area contributed by atoms with Gasteiger partial charge in [-0.25, -0.2) is 0 Å². The number of nitrogens with zero attached hydrogens (tertiary/aromatic N) is 3. The van der Waals surface area contributed by atoms with Crippen LogP contribution >= 0.6 is 23.2 Å². The van der Waals surface area contributed by atoms with E-state index in [0.29, 0.717) is 29.7 Å². The molecule has 3 aromatic rings. The van der Waals surface area contributed by atoms with E-state index in [0.717, 1.165) is 40.7 Å². The van der Waals surface area contributed by atoms with Gasteiger partial charge in [0.1, 0.15) is 0 Å². The quantitative estimate of drug-likeness (QED) is 0.495. The summed E-state index contributed by atoms with van der Waals surface area (Å²) < 4.78 is 7.16. The number of pyridine rings is 1. The molecule has 0 bridgehead atoms. The van der Waals surface area contributed by atoms with Gasteiger partial charge in [-0.1, -0.05) is 23.2 Å². The maximum absolute atomic E-state index is 13.4. The molecule has 2 aliphatic rings. The molecule has 0 unspecified atom stereocenters. The second-order valence-corrected chi connectivity index (χ2v) is 8.88. The summed E-state index contributed by atoms with van der Waals surface area (Å²) in [6.07, 6.45) is 5.18. The van der Waals surface area contributed by atoms with Crippen LogP contribution in [0.5, 0.6) is 0 Å². The number of aryl methyl sites for hydroxylation is 1. The van der Waals surface area contributed by atoms with Gasteiger partial charge >= 0.3 is 5.97 Å². The molecular formula is C23H21Cl2N3O3. The lowest BCUT2D eigenvalue weighted by Crippen LogP contribution is -2.32. The Morgan fingerprint density at radius 1 is 1.23 bits per heavy atom. The number of carbonyl (C=O) groups excluding carboxylic acids is 2. The number of hydrogen-bond acceptors (Lipinski definition) is 4. The summed E-state index contributed by atoms with van der Waals surface area (Å²) in [5, 5.41) is 2.14. The number of ether oxygens (including phenoxy) is 1. The van der Waals surface area contributed by atoms with Crippen LogP contribution in [0.1, 0.15) is 37.4 Å². The Morgan fingerprint density at radius 3 is 2.77 bits per heavy atom. The van der Waals surface area contributed by atoms with Crippen molar-refractivity contribution in [3.8, 4) is 0 Å². The van der Waals surface area contributed by atoms with Crippen LogP contribution in [0.2, 0.25) is 10.0 Å². The molecule has 1 amide bonds. The molecule has 31 heavy (non-hydrogen) atoms. The molecule has 1 fully saturated rings. The van der Waals surface area contributed by atoms with E-state index in [1.54, 1.807) is 24.2 Å². The smallest absolute Gasteiger partial charge is 0.307 e. The monoisotopic (exact) mass is 457 g/mol. The van der Waals surface area contributed by atoms with Crippen LogP contribution in [0.25, 0.3) is 10.9 Å². The molecule has 0 radical (unpaired) electrons. The molecule has 1 saturated carbocycles. The molecule has 8 heteroatoms. The van der Waals surface area contributed by atoms with Crippen LogP contribution in [0.3, 0.4) is 0 Å². The number of carbonyl (C=O) groups is 2. The zero-order chi connectivity index (χ0) is 21.8. The van der Waals surface area contributed by atoms with Crippen molar-refractivity contribution in [1.82, 2.24) is 9.55 Å². The molecule has 1 spiro atoms. The normalized spacial score (nSPS) is 16.2. The lowest BCUT2D eigenvalue weighted by molar-refractivity contribution is -0.143. The third-order valence-corrected chi connectivity index (χ3v) is 6.69. The standard InChI is InChI=1S/C23H21Cl2N3O3/c1-2-31-20(29)5-8-27-16(10-14-9-15(24)3-4-18(14)27)13-28-19-12-26-11-17(25)21(19)23(6-7-23)22(28)30/h3-4,9-12H,2,5-8,13H2,1H3. The Morgan fingerprint density at radius 2 is 2.03 bits per heavy atom.